The molecule has 0 radical (unpaired) electrons. The second-order valence-electron chi connectivity index (χ2n) is 4.37. The van der Waals surface area contributed by atoms with Gasteiger partial charge in [0.15, 0.2) is 0 Å². The van der Waals surface area contributed by atoms with Crippen molar-refractivity contribution in [2.24, 2.45) is 0 Å². The summed E-state index contributed by atoms with van der Waals surface area (Å²) in [6, 6.07) is 3.18. The minimum absolute atomic E-state index is 0. The van der Waals surface area contributed by atoms with Crippen LogP contribution in [0.25, 0.3) is 0 Å². The van der Waals surface area contributed by atoms with Gasteiger partial charge in [0.05, 0.1) is 12.6 Å². The third kappa shape index (κ3) is 6.36. The van der Waals surface area contributed by atoms with Crippen molar-refractivity contribution in [3.05, 3.63) is 22.4 Å². The summed E-state index contributed by atoms with van der Waals surface area (Å²) in [7, 11) is 0. The number of nitrogens with one attached hydrogen (secondary N) is 2. The monoisotopic (exact) mass is 320 g/mol. The lowest BCUT2D eigenvalue weighted by Gasteiger charge is -2.15. The average molecular weight is 321 g/mol. The first-order valence-electron chi connectivity index (χ1n) is 6.33. The van der Waals surface area contributed by atoms with Crippen LogP contribution in [0.5, 0.6) is 0 Å². The summed E-state index contributed by atoms with van der Waals surface area (Å²) < 4.78 is 0. The number of hydrogen-bond acceptors (Lipinski definition) is 4. The van der Waals surface area contributed by atoms with Crippen LogP contribution in [0.15, 0.2) is 17.5 Å². The number of amides is 1. The number of aliphatic carboxylic acids is 1. The molecule has 0 saturated heterocycles. The van der Waals surface area contributed by atoms with Crippen molar-refractivity contribution in [1.29, 1.82) is 0 Å². The number of carboxylic acid groups (broad SMARTS) is 1. The molecule has 2 atom stereocenters. The van der Waals surface area contributed by atoms with Crippen LogP contribution in [0.3, 0.4) is 0 Å². The van der Waals surface area contributed by atoms with Gasteiger partial charge in [-0.05, 0) is 24.8 Å². The predicted molar refractivity (Wildman–Crippen MR) is 82.5 cm³/mol. The van der Waals surface area contributed by atoms with E-state index in [1.807, 2.05) is 31.4 Å². The van der Waals surface area contributed by atoms with Gasteiger partial charge in [-0.15, -0.1) is 23.7 Å². The smallest absolute Gasteiger partial charge is 0.320 e. The maximum absolute atomic E-state index is 11.7. The summed E-state index contributed by atoms with van der Waals surface area (Å²) in [5, 5.41) is 16.5. The maximum Gasteiger partial charge on any atom is 0.320 e. The fraction of sp³-hybridized carbons (Fsp3) is 0.538. The zero-order chi connectivity index (χ0) is 14.3. The van der Waals surface area contributed by atoms with Gasteiger partial charge in [0.2, 0.25) is 5.91 Å². The highest BCUT2D eigenvalue weighted by molar-refractivity contribution is 7.10. The van der Waals surface area contributed by atoms with E-state index >= 15 is 0 Å². The van der Waals surface area contributed by atoms with E-state index in [0.29, 0.717) is 6.42 Å². The molecule has 1 amide bonds. The van der Waals surface area contributed by atoms with Gasteiger partial charge in [0.1, 0.15) is 6.04 Å². The molecule has 0 fully saturated rings. The van der Waals surface area contributed by atoms with Crippen LogP contribution < -0.4 is 10.6 Å². The molecule has 1 heterocycles. The molecule has 20 heavy (non-hydrogen) atoms. The molecular weight excluding hydrogens is 300 g/mol. The largest absolute Gasteiger partial charge is 0.480 e. The molecule has 7 heteroatoms. The van der Waals surface area contributed by atoms with Crippen molar-refractivity contribution < 1.29 is 14.7 Å². The van der Waals surface area contributed by atoms with Gasteiger partial charge in [0, 0.05) is 4.88 Å². The molecule has 2 unspecified atom stereocenters. The lowest BCUT2D eigenvalue weighted by Crippen LogP contribution is -2.43. The SMILES string of the molecule is CCCC(NCC(=O)NC(C)c1cccs1)C(=O)O.Cl. The summed E-state index contributed by atoms with van der Waals surface area (Å²) in [5.74, 6) is -1.11. The van der Waals surface area contributed by atoms with Crippen molar-refractivity contribution in [3.8, 4) is 0 Å². The molecule has 3 N–H and O–H groups in total. The molecular formula is C13H21ClN2O3S. The van der Waals surface area contributed by atoms with Crippen LogP contribution in [-0.4, -0.2) is 29.6 Å². The Balaban J connectivity index is 0.00000361. The fourth-order valence-corrected chi connectivity index (χ4v) is 2.45. The van der Waals surface area contributed by atoms with Crippen molar-refractivity contribution >= 4 is 35.6 Å². The van der Waals surface area contributed by atoms with Gasteiger partial charge in [-0.25, -0.2) is 0 Å². The normalized spacial score (nSPS) is 13.1. The van der Waals surface area contributed by atoms with E-state index in [-0.39, 0.29) is 30.9 Å². The minimum atomic E-state index is -0.916. The van der Waals surface area contributed by atoms with E-state index in [2.05, 4.69) is 10.6 Å². The number of hydrogen-bond donors (Lipinski definition) is 3. The quantitative estimate of drug-likeness (QED) is 0.686. The van der Waals surface area contributed by atoms with Crippen LogP contribution >= 0.6 is 23.7 Å². The lowest BCUT2D eigenvalue weighted by atomic mass is 10.1. The van der Waals surface area contributed by atoms with Gasteiger partial charge >= 0.3 is 5.97 Å². The molecule has 0 saturated carbocycles. The fourth-order valence-electron chi connectivity index (χ4n) is 1.72. The van der Waals surface area contributed by atoms with Crippen LogP contribution in [0, 0.1) is 0 Å². The molecule has 0 bridgehead atoms. The molecule has 0 spiro atoms. The highest BCUT2D eigenvalue weighted by atomic mass is 35.5. The Bertz CT molecular complexity index is 412. The standard InChI is InChI=1S/C13H20N2O3S.ClH/c1-3-5-10(13(17)18)14-8-12(16)15-9(2)11-6-4-7-19-11;/h4,6-7,9-10,14H,3,5,8H2,1-2H3,(H,15,16)(H,17,18);1H. The van der Waals surface area contributed by atoms with Crippen molar-refractivity contribution in [2.45, 2.75) is 38.8 Å². The van der Waals surface area contributed by atoms with Crippen molar-refractivity contribution in [2.75, 3.05) is 6.54 Å². The lowest BCUT2D eigenvalue weighted by molar-refractivity contribution is -0.139. The van der Waals surface area contributed by atoms with Crippen LogP contribution in [0.1, 0.15) is 37.6 Å². The van der Waals surface area contributed by atoms with E-state index in [1.165, 1.54) is 0 Å². The first-order valence-corrected chi connectivity index (χ1v) is 7.21. The maximum atomic E-state index is 11.7. The first-order chi connectivity index (χ1) is 9.04. The molecule has 0 aromatic carbocycles. The topological polar surface area (TPSA) is 78.4 Å². The Kier molecular flexibility index (Phi) is 9.20. The highest BCUT2D eigenvalue weighted by Gasteiger charge is 2.17. The zero-order valence-corrected chi connectivity index (χ0v) is 13.2. The molecule has 5 nitrogen and oxygen atoms in total. The van der Waals surface area contributed by atoms with Crippen LogP contribution in [0.2, 0.25) is 0 Å². The summed E-state index contributed by atoms with van der Waals surface area (Å²) in [6.07, 6.45) is 1.28. The third-order valence-electron chi connectivity index (χ3n) is 2.73. The van der Waals surface area contributed by atoms with Gasteiger partial charge in [-0.2, -0.15) is 0 Å². The molecule has 114 valence electrons. The minimum Gasteiger partial charge on any atom is -0.480 e. The van der Waals surface area contributed by atoms with E-state index < -0.39 is 12.0 Å². The molecule has 1 aromatic rings. The van der Waals surface area contributed by atoms with Crippen LogP contribution in [0.4, 0.5) is 0 Å². The van der Waals surface area contributed by atoms with E-state index in [4.69, 9.17) is 5.11 Å². The summed E-state index contributed by atoms with van der Waals surface area (Å²) in [4.78, 5) is 23.7. The number of halogens is 1. The van der Waals surface area contributed by atoms with Gasteiger partial charge < -0.3 is 10.4 Å². The summed E-state index contributed by atoms with van der Waals surface area (Å²) >= 11 is 1.58. The highest BCUT2D eigenvalue weighted by Crippen LogP contribution is 2.17. The van der Waals surface area contributed by atoms with Crippen molar-refractivity contribution in [1.82, 2.24) is 10.6 Å². The van der Waals surface area contributed by atoms with Crippen LogP contribution in [-0.2, 0) is 9.59 Å². The predicted octanol–water partition coefficient (Wildman–Crippen LogP) is 2.19. The van der Waals surface area contributed by atoms with Gasteiger partial charge in [0.25, 0.3) is 0 Å². The van der Waals surface area contributed by atoms with E-state index in [1.54, 1.807) is 11.3 Å². The molecule has 0 aliphatic rings. The first kappa shape index (κ1) is 18.9. The van der Waals surface area contributed by atoms with E-state index in [0.717, 1.165) is 11.3 Å². The Hall–Kier alpha value is -1.11. The summed E-state index contributed by atoms with van der Waals surface area (Å²) in [6.45, 7) is 3.84. The number of carbonyl (C=O) groups is 2. The Morgan fingerprint density at radius 3 is 2.65 bits per heavy atom. The third-order valence-corrected chi connectivity index (χ3v) is 3.79. The molecule has 0 aliphatic carbocycles. The number of thiophene rings is 1. The Morgan fingerprint density at radius 1 is 1.45 bits per heavy atom. The zero-order valence-electron chi connectivity index (χ0n) is 11.6. The molecule has 1 aromatic heterocycles. The number of rotatable bonds is 8. The average Bonchev–Trinajstić information content (AvgIpc) is 2.87. The number of carbonyl (C=O) groups excluding carboxylic acids is 1. The van der Waals surface area contributed by atoms with E-state index in [9.17, 15) is 9.59 Å². The molecule has 1 rings (SSSR count). The second kappa shape index (κ2) is 9.74. The van der Waals surface area contributed by atoms with Gasteiger partial charge in [-0.3, -0.25) is 14.9 Å². The Morgan fingerprint density at radius 2 is 2.15 bits per heavy atom. The van der Waals surface area contributed by atoms with Gasteiger partial charge in [-0.1, -0.05) is 19.4 Å². The Labute approximate surface area is 129 Å². The van der Waals surface area contributed by atoms with Crippen molar-refractivity contribution in [3.63, 3.8) is 0 Å². The number of carboxylic acids is 1. The second-order valence-corrected chi connectivity index (χ2v) is 5.34. The molecule has 0 aliphatic heterocycles. The summed E-state index contributed by atoms with van der Waals surface area (Å²) in [5.41, 5.74) is 0.